The van der Waals surface area contributed by atoms with Crippen LogP contribution < -0.4 is 0 Å². The van der Waals surface area contributed by atoms with Gasteiger partial charge in [-0.1, -0.05) is 0 Å². The Morgan fingerprint density at radius 3 is 1.00 bits per heavy atom. The summed E-state index contributed by atoms with van der Waals surface area (Å²) in [5, 5.41) is 0. The van der Waals surface area contributed by atoms with Crippen molar-refractivity contribution in [3.63, 3.8) is 0 Å². The number of hydrogen-bond donors (Lipinski definition) is 0. The Kier molecular flexibility index (Phi) is 2.59. The zero-order chi connectivity index (χ0) is 3.58. The molecule has 0 amide bonds. The molecule has 0 atom stereocenters. The van der Waals surface area contributed by atoms with Crippen LogP contribution in [0.2, 0.25) is 14.0 Å². The zero-order valence-electron chi connectivity index (χ0n) is 3.58. The SMILES string of the molecule is [CH3][4In]([CH3])[CH3]. The first-order valence-corrected chi connectivity index (χ1v) is 11.6. The van der Waals surface area contributed by atoms with E-state index in [1.807, 2.05) is 0 Å². The third kappa shape index (κ3) is 13.3. The second-order valence-electron chi connectivity index (χ2n) is 1.73. The summed E-state index contributed by atoms with van der Waals surface area (Å²) in [7, 11) is 0. The quantitative estimate of drug-likeness (QED) is 0.388. The summed E-state index contributed by atoms with van der Waals surface area (Å²) in [4.78, 5) is 0. The van der Waals surface area contributed by atoms with Crippen LogP contribution >= 0.6 is 0 Å². The second kappa shape index (κ2) is 2.13. The van der Waals surface area contributed by atoms with Gasteiger partial charge in [-0.25, -0.2) is 0 Å². The van der Waals surface area contributed by atoms with E-state index in [2.05, 4.69) is 14.0 Å². The van der Waals surface area contributed by atoms with Crippen LogP contribution in [0.1, 0.15) is 0 Å². The normalized spacial score (nSPS) is 6.75. The van der Waals surface area contributed by atoms with Gasteiger partial charge in [-0.05, 0) is 0 Å². The summed E-state index contributed by atoms with van der Waals surface area (Å²) >= 11 is -0.637. The number of hydrogen-bond acceptors (Lipinski definition) is 0. The van der Waals surface area contributed by atoms with Gasteiger partial charge in [-0.15, -0.1) is 0 Å². The molecule has 0 bridgehead atoms. The summed E-state index contributed by atoms with van der Waals surface area (Å²) in [5.41, 5.74) is 0. The van der Waals surface area contributed by atoms with E-state index < -0.39 is 21.4 Å². The molecule has 0 aliphatic rings. The molecule has 0 aliphatic heterocycles. The van der Waals surface area contributed by atoms with Gasteiger partial charge in [-0.3, -0.25) is 0 Å². The van der Waals surface area contributed by atoms with Crippen molar-refractivity contribution in [3.8, 4) is 0 Å². The summed E-state index contributed by atoms with van der Waals surface area (Å²) in [6.07, 6.45) is 0. The van der Waals surface area contributed by atoms with Crippen molar-refractivity contribution in [1.82, 2.24) is 0 Å². The van der Waals surface area contributed by atoms with Crippen LogP contribution in [0.15, 0.2) is 0 Å². The minimum absolute atomic E-state index is 0.637. The van der Waals surface area contributed by atoms with Gasteiger partial charge >= 0.3 is 35.5 Å². The Labute approximate surface area is 35.7 Å². The maximum absolute atomic E-state index is 2.38. The van der Waals surface area contributed by atoms with Gasteiger partial charge in [0.1, 0.15) is 0 Å². The molecule has 0 aliphatic carbocycles. The Morgan fingerprint density at radius 1 is 1.00 bits per heavy atom. The molecule has 0 aromatic heterocycles. The summed E-state index contributed by atoms with van der Waals surface area (Å²) in [5.74, 6) is 0. The van der Waals surface area contributed by atoms with E-state index >= 15 is 0 Å². The fourth-order valence-electron chi connectivity index (χ4n) is 0. The van der Waals surface area contributed by atoms with E-state index in [4.69, 9.17) is 0 Å². The van der Waals surface area contributed by atoms with Gasteiger partial charge in [0.25, 0.3) is 0 Å². The molecule has 0 fully saturated rings. The minimum atomic E-state index is -0.637. The molecule has 0 heterocycles. The van der Waals surface area contributed by atoms with Crippen molar-refractivity contribution >= 4 is 21.4 Å². The number of rotatable bonds is 0. The van der Waals surface area contributed by atoms with Gasteiger partial charge in [0.05, 0.1) is 0 Å². The van der Waals surface area contributed by atoms with E-state index in [0.717, 1.165) is 0 Å². The summed E-state index contributed by atoms with van der Waals surface area (Å²) in [6.45, 7) is 0. The predicted octanol–water partition coefficient (Wildman–Crippen LogP) is 1.37. The first-order chi connectivity index (χ1) is 1.73. The standard InChI is InChI=1S/3CH3.In/h3*1H3;/i;;;1+46. The van der Waals surface area contributed by atoms with Crippen LogP contribution in [0.4, 0.5) is 0 Å². The molecule has 0 saturated heterocycles. The third-order valence-corrected chi connectivity index (χ3v) is 0. The van der Waals surface area contributed by atoms with Crippen LogP contribution in [0.3, 0.4) is 0 Å². The predicted molar refractivity (Wildman–Crippen MR) is 23.3 cm³/mol. The monoisotopic (exact) mass is 49.1 g/mol. The molecule has 0 saturated carbocycles. The fraction of sp³-hybridized carbons (Fsp3) is 1.00. The first-order valence-electron chi connectivity index (χ1n) is 1.73. The zero-order valence-corrected chi connectivity index (χ0v) is 6.87. The molecule has 0 aromatic rings. The van der Waals surface area contributed by atoms with Gasteiger partial charge in [-0.2, -0.15) is 0 Å². The van der Waals surface area contributed by atoms with E-state index in [-0.39, 0.29) is 0 Å². The Hall–Kier alpha value is 0.870. The molecule has 0 nitrogen and oxygen atoms in total. The third-order valence-electron chi connectivity index (χ3n) is 0. The molecule has 0 N–H and O–H groups in total. The van der Waals surface area contributed by atoms with Crippen LogP contribution in [-0.4, -0.2) is 21.4 Å². The summed E-state index contributed by atoms with van der Waals surface area (Å²) in [6, 6.07) is 0. The van der Waals surface area contributed by atoms with Gasteiger partial charge in [0, 0.05) is 0 Å². The first kappa shape index (κ1) is 4.87. The molecule has 24 valence electrons. The molecule has 0 radical (unpaired) electrons. The van der Waals surface area contributed by atoms with Crippen molar-refractivity contribution in [2.45, 2.75) is 14.0 Å². The van der Waals surface area contributed by atoms with Crippen molar-refractivity contribution < 1.29 is 0 Å². The van der Waals surface area contributed by atoms with Gasteiger partial charge < -0.3 is 0 Å². The van der Waals surface area contributed by atoms with Gasteiger partial charge in [0.15, 0.2) is 0 Å². The second-order valence-corrected chi connectivity index (χ2v) is 11.6. The Balaban J connectivity index is 2.32. The average molecular weight is 49.1 g/mol. The molecule has 0 spiro atoms. The van der Waals surface area contributed by atoms with Crippen LogP contribution in [0.25, 0.3) is 0 Å². The average Bonchev–Trinajstić information content (AvgIpc) is 0.811. The van der Waals surface area contributed by atoms with Crippen molar-refractivity contribution in [1.29, 1.82) is 0 Å². The summed E-state index contributed by atoms with van der Waals surface area (Å²) < 4.78 is 7.13. The molecular formula is C3H9In. The molecule has 4 heavy (non-hydrogen) atoms. The molecular weight excluding hydrogens is 40.0 g/mol. The van der Waals surface area contributed by atoms with Crippen molar-refractivity contribution in [3.05, 3.63) is 0 Å². The van der Waals surface area contributed by atoms with E-state index in [1.54, 1.807) is 0 Å². The van der Waals surface area contributed by atoms with Crippen LogP contribution in [-0.2, 0) is 0 Å². The maximum atomic E-state index is 2.38. The Bertz CT molecular complexity index is 8.00. The molecule has 1 heteroatoms. The van der Waals surface area contributed by atoms with E-state index in [0.29, 0.717) is 0 Å². The van der Waals surface area contributed by atoms with Crippen molar-refractivity contribution in [2.24, 2.45) is 0 Å². The fourth-order valence-corrected chi connectivity index (χ4v) is 0. The molecule has 0 aromatic carbocycles. The molecule has 0 rings (SSSR count). The van der Waals surface area contributed by atoms with Crippen LogP contribution in [0, 0.1) is 0 Å². The topological polar surface area (TPSA) is 0 Å². The van der Waals surface area contributed by atoms with Crippen molar-refractivity contribution in [2.75, 3.05) is 0 Å². The van der Waals surface area contributed by atoms with Gasteiger partial charge in [0.2, 0.25) is 0 Å². The van der Waals surface area contributed by atoms with E-state index in [9.17, 15) is 0 Å². The Morgan fingerprint density at radius 2 is 1.00 bits per heavy atom. The molecule has 0 unspecified atom stereocenters. The van der Waals surface area contributed by atoms with Crippen LogP contribution in [0.5, 0.6) is 0 Å². The van der Waals surface area contributed by atoms with E-state index in [1.165, 1.54) is 0 Å².